The third-order valence-corrected chi connectivity index (χ3v) is 12.9. The van der Waals surface area contributed by atoms with Gasteiger partial charge in [-0.1, -0.05) is 48.2 Å². The molecule has 3 aliphatic heterocycles. The molecule has 0 spiro atoms. The number of pyridine rings is 1. The second-order valence-electron chi connectivity index (χ2n) is 17.7. The van der Waals surface area contributed by atoms with Gasteiger partial charge in [-0.15, -0.1) is 0 Å². The number of aromatic nitrogens is 3. The first-order chi connectivity index (χ1) is 30.2. The lowest BCUT2D eigenvalue weighted by molar-refractivity contribution is -0.220. The Kier molecular flexibility index (Phi) is 13.1. The number of ether oxygens (including phenoxy) is 2. The minimum absolute atomic E-state index is 0.00225. The number of rotatable bonds is 15. The van der Waals surface area contributed by atoms with E-state index in [4.69, 9.17) is 9.72 Å². The summed E-state index contributed by atoms with van der Waals surface area (Å²) < 4.78 is 54.8. The van der Waals surface area contributed by atoms with Gasteiger partial charge in [0.05, 0.1) is 56.2 Å². The number of anilines is 1. The smallest absolute Gasteiger partial charge is 0.407 e. The van der Waals surface area contributed by atoms with Crippen molar-refractivity contribution in [3.8, 4) is 23.0 Å². The monoisotopic (exact) mass is 868 g/mol. The molecular formula is C47H55F3N8O5. The van der Waals surface area contributed by atoms with Crippen LogP contribution in [-0.2, 0) is 27.2 Å². The van der Waals surface area contributed by atoms with Crippen LogP contribution in [0.25, 0.3) is 11.1 Å². The van der Waals surface area contributed by atoms with Crippen LogP contribution in [0.15, 0.2) is 79.3 Å². The molecule has 63 heavy (non-hydrogen) atoms. The molecule has 2 aromatic heterocycles. The minimum Gasteiger partial charge on any atom is -0.453 e. The van der Waals surface area contributed by atoms with E-state index in [1.807, 2.05) is 65.6 Å². The summed E-state index contributed by atoms with van der Waals surface area (Å²) in [5.74, 6) is 6.18. The zero-order valence-electron chi connectivity index (χ0n) is 35.8. The number of carbonyl (C=O) groups excluding carboxylic acids is 2. The average molecular weight is 869 g/mol. The lowest BCUT2D eigenvalue weighted by Crippen LogP contribution is -2.62. The summed E-state index contributed by atoms with van der Waals surface area (Å²) in [6.45, 7) is 5.61. The van der Waals surface area contributed by atoms with Gasteiger partial charge in [-0.2, -0.15) is 18.3 Å². The third kappa shape index (κ3) is 10.3. The standard InChI is InChI=1S/C47H55F3N8O5/c1-46(2,47(48,49)50)43(55-45(61)62-3)44(60)54-40(41(59)24-51-21-32-10-13-34(14-11-32)35-23-53-57(25-35)36-15-16-36)20-31-7-4-30(5-8-31)6-9-33-12-19-42(52-22-33)56-26-37-17-18-38(27-56)58(37)39-28-63-29-39/h4-5,7-8,10-14,19,22-23,25,36-41,43,51,59H,15-18,20-21,24,26-29H2,1-3H3,(H,54,60)(H,55,61)/t37?,38?,40-,41-,43+/m0/s1. The van der Waals surface area contributed by atoms with E-state index in [1.54, 1.807) is 18.3 Å². The number of halogens is 3. The number of alkyl carbamates (subject to hydrolysis) is 1. The Hall–Kier alpha value is -5.47. The Balaban J connectivity index is 0.913. The number of hydrogen-bond donors (Lipinski definition) is 4. The van der Waals surface area contributed by atoms with Crippen molar-refractivity contribution in [3.63, 3.8) is 0 Å². The van der Waals surface area contributed by atoms with Crippen molar-refractivity contribution in [2.24, 2.45) is 5.41 Å². The molecule has 1 aliphatic carbocycles. The highest BCUT2D eigenvalue weighted by atomic mass is 19.4. The number of aliphatic hydroxyl groups is 1. The zero-order valence-corrected chi connectivity index (χ0v) is 35.8. The fraction of sp³-hybridized carbons (Fsp3) is 0.489. The Morgan fingerprint density at radius 3 is 2.11 bits per heavy atom. The highest BCUT2D eigenvalue weighted by molar-refractivity contribution is 5.87. The first-order valence-electron chi connectivity index (χ1n) is 21.7. The summed E-state index contributed by atoms with van der Waals surface area (Å²) in [7, 11) is 0.999. The van der Waals surface area contributed by atoms with E-state index >= 15 is 0 Å². The number of amides is 2. The summed E-state index contributed by atoms with van der Waals surface area (Å²) >= 11 is 0. The molecule has 334 valence electrons. The highest BCUT2D eigenvalue weighted by Gasteiger charge is 2.56. The van der Waals surface area contributed by atoms with Gasteiger partial charge in [0.2, 0.25) is 5.91 Å². The molecule has 8 rings (SSSR count). The highest BCUT2D eigenvalue weighted by Crippen LogP contribution is 2.41. The van der Waals surface area contributed by atoms with Gasteiger partial charge in [-0.3, -0.25) is 14.4 Å². The molecule has 16 heteroatoms. The average Bonchev–Trinajstić information content (AvgIpc) is 3.94. The second-order valence-corrected chi connectivity index (χ2v) is 17.7. The Bertz CT molecular complexity index is 2250. The van der Waals surface area contributed by atoms with Crippen LogP contribution in [-0.4, -0.2) is 119 Å². The van der Waals surface area contributed by atoms with E-state index in [9.17, 15) is 27.9 Å². The number of benzene rings is 2. The lowest BCUT2D eigenvalue weighted by atomic mass is 9.82. The summed E-state index contributed by atoms with van der Waals surface area (Å²) in [5.41, 5.74) is 2.50. The van der Waals surface area contributed by atoms with Crippen molar-refractivity contribution in [1.82, 2.24) is 35.6 Å². The maximum absolute atomic E-state index is 14.2. The molecule has 4 aliphatic rings. The van der Waals surface area contributed by atoms with Gasteiger partial charge in [0.1, 0.15) is 11.9 Å². The molecule has 2 bridgehead atoms. The lowest BCUT2D eigenvalue weighted by Gasteiger charge is -2.47. The summed E-state index contributed by atoms with van der Waals surface area (Å²) in [5, 5.41) is 23.9. The fourth-order valence-electron chi connectivity index (χ4n) is 8.69. The molecule has 4 fully saturated rings. The van der Waals surface area contributed by atoms with Gasteiger partial charge in [0.25, 0.3) is 0 Å². The number of fused-ring (bicyclic) bond motifs is 2. The van der Waals surface area contributed by atoms with Crippen LogP contribution >= 0.6 is 0 Å². The second kappa shape index (κ2) is 18.7. The van der Waals surface area contributed by atoms with E-state index in [2.05, 4.69) is 47.4 Å². The van der Waals surface area contributed by atoms with Crippen LogP contribution in [0.4, 0.5) is 23.8 Å². The molecule has 3 saturated heterocycles. The quantitative estimate of drug-likeness (QED) is 0.117. The van der Waals surface area contributed by atoms with Gasteiger partial charge in [-0.25, -0.2) is 9.78 Å². The normalized spacial score (nSPS) is 20.5. The van der Waals surface area contributed by atoms with Crippen molar-refractivity contribution < 1.29 is 37.3 Å². The number of carbonyl (C=O) groups is 2. The van der Waals surface area contributed by atoms with Crippen molar-refractivity contribution in [2.75, 3.05) is 44.9 Å². The van der Waals surface area contributed by atoms with Crippen LogP contribution in [0.1, 0.15) is 67.8 Å². The molecule has 4 aromatic rings. The van der Waals surface area contributed by atoms with Crippen molar-refractivity contribution in [3.05, 3.63) is 102 Å². The van der Waals surface area contributed by atoms with E-state index < -0.39 is 41.8 Å². The summed E-state index contributed by atoms with van der Waals surface area (Å²) in [6, 6.07) is 18.1. The minimum atomic E-state index is -4.87. The Morgan fingerprint density at radius 2 is 1.51 bits per heavy atom. The molecule has 2 aromatic carbocycles. The van der Waals surface area contributed by atoms with E-state index in [-0.39, 0.29) is 13.0 Å². The van der Waals surface area contributed by atoms with E-state index in [0.29, 0.717) is 36.3 Å². The van der Waals surface area contributed by atoms with Crippen LogP contribution in [0.2, 0.25) is 0 Å². The fourth-order valence-corrected chi connectivity index (χ4v) is 8.69. The van der Waals surface area contributed by atoms with Crippen LogP contribution in [0.5, 0.6) is 0 Å². The molecule has 1 saturated carbocycles. The van der Waals surface area contributed by atoms with Gasteiger partial charge in [-0.05, 0) is 86.9 Å². The molecule has 0 radical (unpaired) electrons. The first kappa shape index (κ1) is 44.1. The summed E-state index contributed by atoms with van der Waals surface area (Å²) in [6.07, 6.45) is 3.15. The van der Waals surface area contributed by atoms with Crippen molar-refractivity contribution in [1.29, 1.82) is 0 Å². The van der Waals surface area contributed by atoms with Crippen molar-refractivity contribution >= 4 is 17.8 Å². The molecule has 4 N–H and O–H groups in total. The van der Waals surface area contributed by atoms with Crippen LogP contribution in [0.3, 0.4) is 0 Å². The first-order valence-corrected chi connectivity index (χ1v) is 21.7. The number of aliphatic hydroxyl groups excluding tert-OH is 1. The van der Waals surface area contributed by atoms with Gasteiger partial charge in [0.15, 0.2) is 0 Å². The van der Waals surface area contributed by atoms with Gasteiger partial charge in [0, 0.05) is 67.3 Å². The number of methoxy groups -OCH3 is 1. The number of nitrogens with zero attached hydrogens (tertiary/aromatic N) is 5. The molecule has 5 heterocycles. The predicted molar refractivity (Wildman–Crippen MR) is 231 cm³/mol. The number of nitrogens with one attached hydrogen (secondary N) is 3. The van der Waals surface area contributed by atoms with Crippen LogP contribution in [0, 0.1) is 17.3 Å². The molecule has 5 atom stereocenters. The Labute approximate surface area is 365 Å². The maximum atomic E-state index is 14.2. The number of hydrogen-bond acceptors (Lipinski definition) is 10. The SMILES string of the molecule is COC(=O)N[C@H](C(=O)N[C@@H](Cc1ccc(C#Cc2ccc(N3CC4CCC(C3)N4C3COC3)nc2)cc1)[C@@H](O)CNCc1ccc(-c2cnn(C3CC3)c2)cc1)C(C)(C)C(F)(F)F. The van der Waals surface area contributed by atoms with Gasteiger partial charge < -0.3 is 35.4 Å². The van der Waals surface area contributed by atoms with Gasteiger partial charge >= 0.3 is 12.3 Å². The summed E-state index contributed by atoms with van der Waals surface area (Å²) in [4.78, 5) is 35.6. The van der Waals surface area contributed by atoms with Crippen molar-refractivity contribution in [2.45, 2.75) is 101 Å². The van der Waals surface area contributed by atoms with E-state index in [1.165, 1.54) is 12.8 Å². The largest absolute Gasteiger partial charge is 0.453 e. The molecule has 2 unspecified atom stereocenters. The topological polar surface area (TPSA) is 146 Å². The third-order valence-electron chi connectivity index (χ3n) is 12.9. The Morgan fingerprint density at radius 1 is 0.857 bits per heavy atom. The van der Waals surface area contributed by atoms with E-state index in [0.717, 1.165) is 93.7 Å². The maximum Gasteiger partial charge on any atom is 0.407 e. The molecule has 2 amide bonds. The molecule has 13 nitrogen and oxygen atoms in total. The molecular weight excluding hydrogens is 814 g/mol. The van der Waals surface area contributed by atoms with Crippen LogP contribution < -0.4 is 20.9 Å². The number of alkyl halides is 3. The zero-order chi connectivity index (χ0) is 44.3. The number of piperazine rings is 1. The predicted octanol–water partition coefficient (Wildman–Crippen LogP) is 5.22.